The molecule has 0 amide bonds. The van der Waals surface area contributed by atoms with Crippen LogP contribution in [0, 0.1) is 0 Å². The van der Waals surface area contributed by atoms with Crippen molar-refractivity contribution in [3.8, 4) is 16.9 Å². The van der Waals surface area contributed by atoms with E-state index in [1.807, 2.05) is 30.3 Å². The Morgan fingerprint density at radius 3 is 2.38 bits per heavy atom. The van der Waals surface area contributed by atoms with Crippen molar-refractivity contribution in [2.75, 3.05) is 20.3 Å². The molecular weight excluding hydrogens is 290 g/mol. The van der Waals surface area contributed by atoms with Gasteiger partial charge in [0.05, 0.1) is 17.7 Å². The van der Waals surface area contributed by atoms with E-state index in [1.54, 1.807) is 12.1 Å². The molecule has 0 aliphatic carbocycles. The molecule has 0 aromatic heterocycles. The number of ether oxygens (including phenoxy) is 2. The first kappa shape index (κ1) is 15.4. The number of hydrogen-bond acceptors (Lipinski definition) is 4. The zero-order valence-electron chi connectivity index (χ0n) is 11.6. The molecule has 0 aliphatic heterocycles. The SMILES string of the molecule is COC(=O)c1ccc(-c2ccc(OCCN)c(Cl)c2)cc1. The number of esters is 1. The van der Waals surface area contributed by atoms with Crippen LogP contribution in [0.2, 0.25) is 5.02 Å². The predicted octanol–water partition coefficient (Wildman–Crippen LogP) is 3.13. The van der Waals surface area contributed by atoms with E-state index in [9.17, 15) is 4.79 Å². The molecule has 2 aromatic carbocycles. The van der Waals surface area contributed by atoms with Gasteiger partial charge in [0, 0.05) is 6.54 Å². The highest BCUT2D eigenvalue weighted by atomic mass is 35.5. The van der Waals surface area contributed by atoms with Gasteiger partial charge >= 0.3 is 5.97 Å². The third kappa shape index (κ3) is 3.74. The number of carbonyl (C=O) groups excluding carboxylic acids is 1. The van der Waals surface area contributed by atoms with E-state index >= 15 is 0 Å². The molecule has 4 nitrogen and oxygen atoms in total. The van der Waals surface area contributed by atoms with Crippen LogP contribution in [0.4, 0.5) is 0 Å². The average Bonchev–Trinajstić information content (AvgIpc) is 2.53. The van der Waals surface area contributed by atoms with Gasteiger partial charge < -0.3 is 15.2 Å². The van der Waals surface area contributed by atoms with E-state index in [0.29, 0.717) is 29.5 Å². The van der Waals surface area contributed by atoms with Crippen molar-refractivity contribution in [2.45, 2.75) is 0 Å². The first-order valence-electron chi connectivity index (χ1n) is 6.47. The van der Waals surface area contributed by atoms with E-state index in [-0.39, 0.29) is 5.97 Å². The summed E-state index contributed by atoms with van der Waals surface area (Å²) in [5.74, 6) is 0.252. The van der Waals surface area contributed by atoms with Gasteiger partial charge in [-0.25, -0.2) is 4.79 Å². The first-order chi connectivity index (χ1) is 10.2. The van der Waals surface area contributed by atoms with Crippen LogP contribution in [0.25, 0.3) is 11.1 Å². The average molecular weight is 306 g/mol. The fraction of sp³-hybridized carbons (Fsp3) is 0.188. The summed E-state index contributed by atoms with van der Waals surface area (Å²) in [4.78, 5) is 11.4. The number of nitrogens with two attached hydrogens (primary N) is 1. The van der Waals surface area contributed by atoms with Crippen LogP contribution in [-0.2, 0) is 4.74 Å². The van der Waals surface area contributed by atoms with E-state index in [1.165, 1.54) is 7.11 Å². The molecule has 0 fully saturated rings. The van der Waals surface area contributed by atoms with Crippen LogP contribution in [-0.4, -0.2) is 26.2 Å². The molecule has 0 saturated heterocycles. The van der Waals surface area contributed by atoms with Gasteiger partial charge in [-0.3, -0.25) is 0 Å². The maximum Gasteiger partial charge on any atom is 0.337 e. The highest BCUT2D eigenvalue weighted by Gasteiger charge is 2.07. The third-order valence-electron chi connectivity index (χ3n) is 2.95. The summed E-state index contributed by atoms with van der Waals surface area (Å²) in [6.45, 7) is 0.861. The summed E-state index contributed by atoms with van der Waals surface area (Å²) in [7, 11) is 1.36. The lowest BCUT2D eigenvalue weighted by molar-refractivity contribution is 0.0601. The van der Waals surface area contributed by atoms with Crippen LogP contribution in [0.1, 0.15) is 10.4 Å². The van der Waals surface area contributed by atoms with Gasteiger partial charge in [-0.1, -0.05) is 29.8 Å². The second-order valence-corrected chi connectivity index (χ2v) is 4.76. The van der Waals surface area contributed by atoms with Crippen LogP contribution >= 0.6 is 11.6 Å². The number of benzene rings is 2. The molecule has 0 radical (unpaired) electrons. The Morgan fingerprint density at radius 1 is 1.14 bits per heavy atom. The number of hydrogen-bond donors (Lipinski definition) is 1. The van der Waals surface area contributed by atoms with Crippen molar-refractivity contribution in [3.63, 3.8) is 0 Å². The summed E-state index contributed by atoms with van der Waals surface area (Å²) in [6.07, 6.45) is 0. The minimum absolute atomic E-state index is 0.356. The van der Waals surface area contributed by atoms with Gasteiger partial charge in [-0.05, 0) is 35.4 Å². The van der Waals surface area contributed by atoms with Gasteiger partial charge in [0.15, 0.2) is 0 Å². The van der Waals surface area contributed by atoms with Crippen LogP contribution < -0.4 is 10.5 Å². The number of carbonyl (C=O) groups is 1. The maximum atomic E-state index is 11.4. The molecule has 2 N–H and O–H groups in total. The Hall–Kier alpha value is -2.04. The van der Waals surface area contributed by atoms with Crippen molar-refractivity contribution < 1.29 is 14.3 Å². The summed E-state index contributed by atoms with van der Waals surface area (Å²) >= 11 is 6.18. The molecule has 2 aromatic rings. The standard InChI is InChI=1S/C16H16ClNO3/c1-20-16(19)12-4-2-11(3-5-12)13-6-7-15(14(17)10-13)21-9-8-18/h2-7,10H,8-9,18H2,1H3. The van der Waals surface area contributed by atoms with E-state index in [4.69, 9.17) is 22.1 Å². The fourth-order valence-corrected chi connectivity index (χ4v) is 2.12. The number of methoxy groups -OCH3 is 1. The molecular formula is C16H16ClNO3. The van der Waals surface area contributed by atoms with Crippen molar-refractivity contribution in [1.29, 1.82) is 0 Å². The van der Waals surface area contributed by atoms with Gasteiger partial charge in [-0.2, -0.15) is 0 Å². The zero-order valence-corrected chi connectivity index (χ0v) is 12.4. The van der Waals surface area contributed by atoms with Crippen molar-refractivity contribution in [1.82, 2.24) is 0 Å². The summed E-state index contributed by atoms with van der Waals surface area (Å²) in [5.41, 5.74) is 7.80. The van der Waals surface area contributed by atoms with Crippen molar-refractivity contribution in [2.24, 2.45) is 5.73 Å². The molecule has 110 valence electrons. The quantitative estimate of drug-likeness (QED) is 0.862. The largest absolute Gasteiger partial charge is 0.491 e. The molecule has 0 aliphatic rings. The smallest absolute Gasteiger partial charge is 0.337 e. The fourth-order valence-electron chi connectivity index (χ4n) is 1.88. The lowest BCUT2D eigenvalue weighted by Gasteiger charge is -2.09. The normalized spacial score (nSPS) is 10.2. The van der Waals surface area contributed by atoms with Crippen molar-refractivity contribution in [3.05, 3.63) is 53.1 Å². The lowest BCUT2D eigenvalue weighted by atomic mass is 10.0. The highest BCUT2D eigenvalue weighted by molar-refractivity contribution is 6.32. The molecule has 5 heteroatoms. The Bertz CT molecular complexity index is 626. The number of halogens is 1. The van der Waals surface area contributed by atoms with Crippen LogP contribution in [0.3, 0.4) is 0 Å². The molecule has 0 atom stereocenters. The predicted molar refractivity (Wildman–Crippen MR) is 82.8 cm³/mol. The van der Waals surface area contributed by atoms with Crippen LogP contribution in [0.15, 0.2) is 42.5 Å². The van der Waals surface area contributed by atoms with Crippen molar-refractivity contribution >= 4 is 17.6 Å². The Morgan fingerprint density at radius 2 is 1.81 bits per heavy atom. The maximum absolute atomic E-state index is 11.4. The second-order valence-electron chi connectivity index (χ2n) is 4.35. The number of rotatable bonds is 5. The van der Waals surface area contributed by atoms with Gasteiger partial charge in [0.2, 0.25) is 0 Å². The van der Waals surface area contributed by atoms with Gasteiger partial charge in [0.1, 0.15) is 12.4 Å². The Kier molecular flexibility index (Phi) is 5.20. The lowest BCUT2D eigenvalue weighted by Crippen LogP contribution is -2.10. The first-order valence-corrected chi connectivity index (χ1v) is 6.84. The van der Waals surface area contributed by atoms with E-state index in [2.05, 4.69) is 4.74 Å². The van der Waals surface area contributed by atoms with E-state index in [0.717, 1.165) is 11.1 Å². The van der Waals surface area contributed by atoms with Gasteiger partial charge in [-0.15, -0.1) is 0 Å². The molecule has 0 spiro atoms. The molecule has 2 rings (SSSR count). The monoisotopic (exact) mass is 305 g/mol. The molecule has 0 saturated carbocycles. The Balaban J connectivity index is 2.22. The molecule has 0 heterocycles. The minimum Gasteiger partial charge on any atom is -0.491 e. The summed E-state index contributed by atoms with van der Waals surface area (Å²) in [6, 6.07) is 12.7. The molecule has 0 unspecified atom stereocenters. The van der Waals surface area contributed by atoms with Crippen LogP contribution in [0.5, 0.6) is 5.75 Å². The second kappa shape index (κ2) is 7.11. The van der Waals surface area contributed by atoms with Gasteiger partial charge in [0.25, 0.3) is 0 Å². The minimum atomic E-state index is -0.356. The highest BCUT2D eigenvalue weighted by Crippen LogP contribution is 2.30. The summed E-state index contributed by atoms with van der Waals surface area (Å²) in [5, 5.41) is 0.526. The summed E-state index contributed by atoms with van der Waals surface area (Å²) < 4.78 is 10.1. The molecule has 21 heavy (non-hydrogen) atoms. The Labute approximate surface area is 128 Å². The topological polar surface area (TPSA) is 61.5 Å². The van der Waals surface area contributed by atoms with E-state index < -0.39 is 0 Å². The molecule has 0 bridgehead atoms. The third-order valence-corrected chi connectivity index (χ3v) is 3.24. The zero-order chi connectivity index (χ0) is 15.2.